The summed E-state index contributed by atoms with van der Waals surface area (Å²) >= 11 is 5.85. The van der Waals surface area contributed by atoms with Crippen LogP contribution in [0.4, 0.5) is 5.69 Å². The van der Waals surface area contributed by atoms with Gasteiger partial charge in [-0.2, -0.15) is 0 Å². The highest BCUT2D eigenvalue weighted by Crippen LogP contribution is 2.20. The Morgan fingerprint density at radius 2 is 2.06 bits per heavy atom. The molecule has 0 atom stereocenters. The van der Waals surface area contributed by atoms with Gasteiger partial charge in [-0.3, -0.25) is 4.79 Å². The highest BCUT2D eigenvalue weighted by atomic mass is 35.5. The van der Waals surface area contributed by atoms with Crippen LogP contribution < -0.4 is 5.73 Å². The minimum Gasteiger partial charge on any atom is -0.398 e. The fourth-order valence-electron chi connectivity index (χ4n) is 2.12. The van der Waals surface area contributed by atoms with Gasteiger partial charge in [0.25, 0.3) is 0 Å². The zero-order valence-electron chi connectivity index (χ0n) is 9.79. The molecule has 1 amide bonds. The molecule has 0 aliphatic carbocycles. The van der Waals surface area contributed by atoms with E-state index in [1.807, 2.05) is 17.0 Å². The van der Waals surface area contributed by atoms with Crippen molar-refractivity contribution < 1.29 is 4.79 Å². The predicted molar refractivity (Wildman–Crippen MR) is 70.0 cm³/mol. The second-order valence-corrected chi connectivity index (χ2v) is 4.85. The van der Waals surface area contributed by atoms with Crippen LogP contribution >= 0.6 is 11.6 Å². The van der Waals surface area contributed by atoms with E-state index >= 15 is 0 Å². The second kappa shape index (κ2) is 5.41. The van der Waals surface area contributed by atoms with E-state index in [1.54, 1.807) is 6.07 Å². The minimum absolute atomic E-state index is 0.246. The normalized spacial score (nSPS) is 15.2. The first kappa shape index (κ1) is 12.2. The lowest BCUT2D eigenvalue weighted by Crippen LogP contribution is -2.27. The average Bonchev–Trinajstić information content (AvgIpc) is 2.84. The molecule has 2 N–H and O–H groups in total. The Morgan fingerprint density at radius 3 is 2.71 bits per heavy atom. The van der Waals surface area contributed by atoms with Gasteiger partial charge in [0.1, 0.15) is 0 Å². The number of nitrogen functional groups attached to an aromatic ring is 1. The number of hydrogen-bond acceptors (Lipinski definition) is 2. The van der Waals surface area contributed by atoms with E-state index in [2.05, 4.69) is 0 Å². The fraction of sp³-hybridized carbons (Fsp3) is 0.462. The molecule has 0 radical (unpaired) electrons. The van der Waals surface area contributed by atoms with Crippen LogP contribution in [0.5, 0.6) is 0 Å². The maximum atomic E-state index is 11.8. The molecule has 0 saturated carbocycles. The van der Waals surface area contributed by atoms with Crippen LogP contribution in [0.1, 0.15) is 24.8 Å². The van der Waals surface area contributed by atoms with Gasteiger partial charge in [-0.25, -0.2) is 0 Å². The third-order valence-electron chi connectivity index (χ3n) is 3.15. The van der Waals surface area contributed by atoms with Gasteiger partial charge in [-0.1, -0.05) is 17.7 Å². The number of nitrogens with zero attached hydrogens (tertiary/aromatic N) is 1. The van der Waals surface area contributed by atoms with E-state index < -0.39 is 0 Å². The van der Waals surface area contributed by atoms with Crippen molar-refractivity contribution in [3.63, 3.8) is 0 Å². The summed E-state index contributed by atoms with van der Waals surface area (Å²) in [6.45, 7) is 1.84. The summed E-state index contributed by atoms with van der Waals surface area (Å²) in [6, 6.07) is 5.56. The van der Waals surface area contributed by atoms with Crippen LogP contribution in [0.2, 0.25) is 5.02 Å². The number of hydrogen-bond donors (Lipinski definition) is 1. The smallest absolute Gasteiger partial charge is 0.222 e. The summed E-state index contributed by atoms with van der Waals surface area (Å²) in [6.07, 6.45) is 3.57. The van der Waals surface area contributed by atoms with Gasteiger partial charge in [-0.05, 0) is 37.0 Å². The van der Waals surface area contributed by atoms with Gasteiger partial charge in [0.05, 0.1) is 10.7 Å². The Morgan fingerprint density at radius 1 is 1.35 bits per heavy atom. The molecule has 1 aromatic rings. The molecule has 1 fully saturated rings. The van der Waals surface area contributed by atoms with E-state index in [-0.39, 0.29) is 5.91 Å². The van der Waals surface area contributed by atoms with Crippen LogP contribution in [0.25, 0.3) is 0 Å². The summed E-state index contributed by atoms with van der Waals surface area (Å²) in [5.74, 6) is 0.246. The van der Waals surface area contributed by atoms with Gasteiger partial charge in [-0.15, -0.1) is 0 Å². The Hall–Kier alpha value is -1.22. The predicted octanol–water partition coefficient (Wildman–Crippen LogP) is 2.48. The summed E-state index contributed by atoms with van der Waals surface area (Å²) < 4.78 is 0. The SMILES string of the molecule is Nc1cc(CCC(=O)N2CCCC2)ccc1Cl. The molecular formula is C13H17ClN2O. The number of carbonyl (C=O) groups excluding carboxylic acids is 1. The molecule has 92 valence electrons. The Bertz CT molecular complexity index is 414. The third kappa shape index (κ3) is 3.13. The first-order chi connectivity index (χ1) is 8.16. The van der Waals surface area contributed by atoms with E-state index in [0.29, 0.717) is 17.1 Å². The van der Waals surface area contributed by atoms with Crippen LogP contribution in [0.15, 0.2) is 18.2 Å². The van der Waals surface area contributed by atoms with Crippen LogP contribution in [-0.4, -0.2) is 23.9 Å². The fourth-order valence-corrected chi connectivity index (χ4v) is 2.24. The Labute approximate surface area is 107 Å². The van der Waals surface area contributed by atoms with Crippen molar-refractivity contribution in [1.29, 1.82) is 0 Å². The molecule has 1 aliphatic heterocycles. The van der Waals surface area contributed by atoms with E-state index in [1.165, 1.54) is 0 Å². The van der Waals surface area contributed by atoms with Crippen molar-refractivity contribution in [1.82, 2.24) is 4.90 Å². The summed E-state index contributed by atoms with van der Waals surface area (Å²) in [5, 5.41) is 0.569. The highest BCUT2D eigenvalue weighted by Gasteiger charge is 2.17. The molecule has 3 nitrogen and oxygen atoms in total. The van der Waals surface area contributed by atoms with Gasteiger partial charge in [0, 0.05) is 19.5 Å². The monoisotopic (exact) mass is 252 g/mol. The Kier molecular flexibility index (Phi) is 3.89. The van der Waals surface area contributed by atoms with Crippen molar-refractivity contribution in [2.24, 2.45) is 0 Å². The number of likely N-dealkylation sites (tertiary alicyclic amines) is 1. The van der Waals surface area contributed by atoms with Crippen molar-refractivity contribution in [2.45, 2.75) is 25.7 Å². The molecule has 0 spiro atoms. The van der Waals surface area contributed by atoms with E-state index in [0.717, 1.165) is 37.9 Å². The van der Waals surface area contributed by atoms with Crippen LogP contribution in [0, 0.1) is 0 Å². The number of nitrogens with two attached hydrogens (primary N) is 1. The number of rotatable bonds is 3. The molecule has 4 heteroatoms. The lowest BCUT2D eigenvalue weighted by Gasteiger charge is -2.15. The molecule has 17 heavy (non-hydrogen) atoms. The number of benzene rings is 1. The van der Waals surface area contributed by atoms with Gasteiger partial charge < -0.3 is 10.6 Å². The largest absolute Gasteiger partial charge is 0.398 e. The molecule has 0 bridgehead atoms. The van der Waals surface area contributed by atoms with Crippen molar-refractivity contribution >= 4 is 23.2 Å². The van der Waals surface area contributed by atoms with Gasteiger partial charge in [0.15, 0.2) is 0 Å². The average molecular weight is 253 g/mol. The van der Waals surface area contributed by atoms with Crippen molar-refractivity contribution in [3.05, 3.63) is 28.8 Å². The molecule has 1 heterocycles. The lowest BCUT2D eigenvalue weighted by atomic mass is 10.1. The molecule has 1 aromatic carbocycles. The summed E-state index contributed by atoms with van der Waals surface area (Å²) in [5.41, 5.74) is 7.37. The standard InChI is InChI=1S/C13H17ClN2O/c14-11-5-3-10(9-12(11)15)4-6-13(17)16-7-1-2-8-16/h3,5,9H,1-2,4,6-8,15H2. The minimum atomic E-state index is 0.246. The second-order valence-electron chi connectivity index (χ2n) is 4.44. The zero-order chi connectivity index (χ0) is 12.3. The molecule has 1 aliphatic rings. The molecule has 1 saturated heterocycles. The molecule has 0 aromatic heterocycles. The maximum absolute atomic E-state index is 11.8. The summed E-state index contributed by atoms with van der Waals surface area (Å²) in [7, 11) is 0. The molecular weight excluding hydrogens is 236 g/mol. The van der Waals surface area contributed by atoms with E-state index in [9.17, 15) is 4.79 Å². The Balaban J connectivity index is 1.88. The van der Waals surface area contributed by atoms with Crippen molar-refractivity contribution in [3.8, 4) is 0 Å². The molecule has 2 rings (SSSR count). The first-order valence-corrected chi connectivity index (χ1v) is 6.36. The number of halogens is 1. The van der Waals surface area contributed by atoms with E-state index in [4.69, 9.17) is 17.3 Å². The topological polar surface area (TPSA) is 46.3 Å². The number of amides is 1. The summed E-state index contributed by atoms with van der Waals surface area (Å²) in [4.78, 5) is 13.8. The number of carbonyl (C=O) groups is 1. The maximum Gasteiger partial charge on any atom is 0.222 e. The molecule has 0 unspecified atom stereocenters. The van der Waals surface area contributed by atoms with Crippen LogP contribution in [0.3, 0.4) is 0 Å². The lowest BCUT2D eigenvalue weighted by molar-refractivity contribution is -0.130. The quantitative estimate of drug-likeness (QED) is 0.840. The number of aryl methyl sites for hydroxylation is 1. The van der Waals surface area contributed by atoms with Crippen molar-refractivity contribution in [2.75, 3.05) is 18.8 Å². The highest BCUT2D eigenvalue weighted by molar-refractivity contribution is 6.33. The number of anilines is 1. The third-order valence-corrected chi connectivity index (χ3v) is 3.49. The van der Waals surface area contributed by atoms with Gasteiger partial charge >= 0.3 is 0 Å². The first-order valence-electron chi connectivity index (χ1n) is 5.98. The van der Waals surface area contributed by atoms with Gasteiger partial charge in [0.2, 0.25) is 5.91 Å². The van der Waals surface area contributed by atoms with Crippen LogP contribution in [-0.2, 0) is 11.2 Å². The zero-order valence-corrected chi connectivity index (χ0v) is 10.5.